The molecule has 152 valence electrons. The fourth-order valence-electron chi connectivity index (χ4n) is 3.51. The normalized spacial score (nSPS) is 11.4. The highest BCUT2D eigenvalue weighted by molar-refractivity contribution is 8.00. The molecule has 0 atom stereocenters. The summed E-state index contributed by atoms with van der Waals surface area (Å²) in [5.41, 5.74) is 6.47. The molecular formula is C24H22N2O3S. The highest BCUT2D eigenvalue weighted by Crippen LogP contribution is 2.37. The Morgan fingerprint density at radius 2 is 1.47 bits per heavy atom. The van der Waals surface area contributed by atoms with Gasteiger partial charge in [0.25, 0.3) is 0 Å². The number of nitrogens with one attached hydrogen (secondary N) is 2. The molecule has 0 aromatic heterocycles. The fourth-order valence-corrected chi connectivity index (χ4v) is 4.12. The number of benzene rings is 3. The molecule has 0 radical (unpaired) electrons. The first-order chi connectivity index (χ1) is 14.6. The van der Waals surface area contributed by atoms with E-state index in [-0.39, 0.29) is 23.3 Å². The van der Waals surface area contributed by atoms with Gasteiger partial charge in [0.05, 0.1) is 18.6 Å². The van der Waals surface area contributed by atoms with Crippen LogP contribution in [0.4, 0.5) is 11.4 Å². The van der Waals surface area contributed by atoms with Crippen LogP contribution in [0.5, 0.6) is 5.75 Å². The SMILES string of the molecule is COc1ccc(NC(=O)CSCC(=O)Nc2ccc3c(c2)-c2ccccc2C3)cc1. The van der Waals surface area contributed by atoms with Gasteiger partial charge in [0.15, 0.2) is 0 Å². The molecule has 0 saturated carbocycles. The van der Waals surface area contributed by atoms with Crippen LogP contribution in [0.15, 0.2) is 66.7 Å². The van der Waals surface area contributed by atoms with Crippen LogP contribution in [0.3, 0.4) is 0 Å². The molecule has 30 heavy (non-hydrogen) atoms. The van der Waals surface area contributed by atoms with Crippen molar-refractivity contribution in [3.63, 3.8) is 0 Å². The Labute approximate surface area is 179 Å². The van der Waals surface area contributed by atoms with Gasteiger partial charge in [-0.25, -0.2) is 0 Å². The van der Waals surface area contributed by atoms with Gasteiger partial charge in [-0.3, -0.25) is 9.59 Å². The van der Waals surface area contributed by atoms with Crippen molar-refractivity contribution < 1.29 is 14.3 Å². The van der Waals surface area contributed by atoms with Crippen LogP contribution in [0, 0.1) is 0 Å². The zero-order valence-electron chi connectivity index (χ0n) is 16.6. The van der Waals surface area contributed by atoms with Gasteiger partial charge in [-0.2, -0.15) is 0 Å². The van der Waals surface area contributed by atoms with Crippen LogP contribution in [0.1, 0.15) is 11.1 Å². The molecule has 2 N–H and O–H groups in total. The summed E-state index contributed by atoms with van der Waals surface area (Å²) >= 11 is 1.28. The number of amides is 2. The summed E-state index contributed by atoms with van der Waals surface area (Å²) in [5, 5.41) is 5.74. The van der Waals surface area contributed by atoms with Gasteiger partial charge < -0.3 is 15.4 Å². The summed E-state index contributed by atoms with van der Waals surface area (Å²) in [4.78, 5) is 24.3. The van der Waals surface area contributed by atoms with Gasteiger partial charge >= 0.3 is 0 Å². The molecule has 2 amide bonds. The average molecular weight is 419 g/mol. The first-order valence-electron chi connectivity index (χ1n) is 9.65. The number of hydrogen-bond acceptors (Lipinski definition) is 4. The van der Waals surface area contributed by atoms with E-state index in [9.17, 15) is 9.59 Å². The van der Waals surface area contributed by atoms with Gasteiger partial charge in [0.2, 0.25) is 11.8 Å². The van der Waals surface area contributed by atoms with Crippen molar-refractivity contribution >= 4 is 35.0 Å². The number of carbonyl (C=O) groups is 2. The molecule has 0 unspecified atom stereocenters. The minimum atomic E-state index is -0.146. The molecule has 0 saturated heterocycles. The number of methoxy groups -OCH3 is 1. The first-order valence-corrected chi connectivity index (χ1v) is 10.8. The Morgan fingerprint density at radius 1 is 0.833 bits per heavy atom. The molecule has 3 aromatic carbocycles. The number of carbonyl (C=O) groups excluding carboxylic acids is 2. The van der Waals surface area contributed by atoms with Crippen LogP contribution >= 0.6 is 11.8 Å². The number of hydrogen-bond donors (Lipinski definition) is 2. The molecule has 4 rings (SSSR count). The quantitative estimate of drug-likeness (QED) is 0.461. The molecule has 0 spiro atoms. The minimum Gasteiger partial charge on any atom is -0.497 e. The van der Waals surface area contributed by atoms with Crippen molar-refractivity contribution in [2.45, 2.75) is 6.42 Å². The monoisotopic (exact) mass is 418 g/mol. The van der Waals surface area contributed by atoms with Gasteiger partial charge in [-0.15, -0.1) is 11.8 Å². The van der Waals surface area contributed by atoms with E-state index in [1.54, 1.807) is 31.4 Å². The second-order valence-corrected chi connectivity index (χ2v) is 8.01. The van der Waals surface area contributed by atoms with E-state index in [2.05, 4.69) is 34.9 Å². The molecule has 1 aliphatic carbocycles. The third-order valence-electron chi connectivity index (χ3n) is 4.92. The summed E-state index contributed by atoms with van der Waals surface area (Å²) in [6.07, 6.45) is 0.929. The molecular weight excluding hydrogens is 396 g/mol. The van der Waals surface area contributed by atoms with E-state index >= 15 is 0 Å². The van der Waals surface area contributed by atoms with Crippen molar-refractivity contribution in [2.24, 2.45) is 0 Å². The van der Waals surface area contributed by atoms with Crippen LogP contribution < -0.4 is 15.4 Å². The summed E-state index contributed by atoms with van der Waals surface area (Å²) in [6, 6.07) is 21.5. The van der Waals surface area contributed by atoms with Gasteiger partial charge in [0, 0.05) is 11.4 Å². The zero-order chi connectivity index (χ0) is 20.9. The van der Waals surface area contributed by atoms with E-state index in [0.717, 1.165) is 17.9 Å². The van der Waals surface area contributed by atoms with E-state index in [1.807, 2.05) is 18.2 Å². The predicted octanol–water partition coefficient (Wildman–Crippen LogP) is 4.58. The standard InChI is InChI=1S/C24H22N2O3S/c1-29-20-10-8-18(9-11-20)25-23(27)14-30-15-24(28)26-19-7-6-17-12-16-4-2-3-5-21(16)22(17)13-19/h2-11,13H,12,14-15H2,1H3,(H,25,27)(H,26,28). The Bertz CT molecular complexity index is 1080. The summed E-state index contributed by atoms with van der Waals surface area (Å²) in [6.45, 7) is 0. The minimum absolute atomic E-state index is 0.122. The predicted molar refractivity (Wildman–Crippen MR) is 122 cm³/mol. The number of thioether (sulfide) groups is 1. The van der Waals surface area contributed by atoms with Crippen LogP contribution in [0.25, 0.3) is 11.1 Å². The van der Waals surface area contributed by atoms with Crippen molar-refractivity contribution in [1.82, 2.24) is 0 Å². The Morgan fingerprint density at radius 3 is 2.20 bits per heavy atom. The highest BCUT2D eigenvalue weighted by Gasteiger charge is 2.18. The fraction of sp³-hybridized carbons (Fsp3) is 0.167. The van der Waals surface area contributed by atoms with Crippen LogP contribution in [0.2, 0.25) is 0 Å². The number of fused-ring (bicyclic) bond motifs is 3. The average Bonchev–Trinajstić information content (AvgIpc) is 3.12. The lowest BCUT2D eigenvalue weighted by Gasteiger charge is -2.09. The smallest absolute Gasteiger partial charge is 0.234 e. The summed E-state index contributed by atoms with van der Waals surface area (Å²) in [7, 11) is 1.59. The maximum absolute atomic E-state index is 12.3. The first kappa shape index (κ1) is 20.0. The molecule has 3 aromatic rings. The molecule has 0 aliphatic heterocycles. The van der Waals surface area contributed by atoms with Gasteiger partial charge in [-0.05, 0) is 65.1 Å². The van der Waals surface area contributed by atoms with Crippen molar-refractivity contribution in [3.8, 4) is 16.9 Å². The lowest BCUT2D eigenvalue weighted by molar-refractivity contribution is -0.114. The molecule has 5 nitrogen and oxygen atoms in total. The maximum atomic E-state index is 12.3. The number of ether oxygens (including phenoxy) is 1. The lowest BCUT2D eigenvalue weighted by atomic mass is 10.1. The van der Waals surface area contributed by atoms with E-state index < -0.39 is 0 Å². The molecule has 1 aliphatic rings. The number of rotatable bonds is 7. The lowest BCUT2D eigenvalue weighted by Crippen LogP contribution is -2.18. The largest absolute Gasteiger partial charge is 0.497 e. The molecule has 0 heterocycles. The zero-order valence-corrected chi connectivity index (χ0v) is 17.4. The van der Waals surface area contributed by atoms with Crippen molar-refractivity contribution in [2.75, 3.05) is 29.2 Å². The third-order valence-corrected chi connectivity index (χ3v) is 5.85. The Balaban J connectivity index is 1.26. The van der Waals surface area contributed by atoms with E-state index in [0.29, 0.717) is 5.69 Å². The Hall–Kier alpha value is -3.25. The summed E-state index contributed by atoms with van der Waals surface area (Å²) in [5.74, 6) is 0.880. The molecule has 0 bridgehead atoms. The number of anilines is 2. The van der Waals surface area contributed by atoms with Crippen LogP contribution in [-0.4, -0.2) is 30.4 Å². The highest BCUT2D eigenvalue weighted by atomic mass is 32.2. The van der Waals surface area contributed by atoms with Gasteiger partial charge in [0.1, 0.15) is 5.75 Å². The second kappa shape index (κ2) is 9.05. The van der Waals surface area contributed by atoms with Crippen molar-refractivity contribution in [1.29, 1.82) is 0 Å². The Kier molecular flexibility index (Phi) is 6.05. The second-order valence-electron chi connectivity index (χ2n) is 7.02. The van der Waals surface area contributed by atoms with Gasteiger partial charge in [-0.1, -0.05) is 30.3 Å². The molecule has 6 heteroatoms. The third kappa shape index (κ3) is 4.66. The van der Waals surface area contributed by atoms with E-state index in [4.69, 9.17) is 4.74 Å². The maximum Gasteiger partial charge on any atom is 0.234 e. The van der Waals surface area contributed by atoms with E-state index in [1.165, 1.54) is 34.0 Å². The summed E-state index contributed by atoms with van der Waals surface area (Å²) < 4.78 is 5.09. The van der Waals surface area contributed by atoms with Crippen molar-refractivity contribution in [3.05, 3.63) is 77.9 Å². The topological polar surface area (TPSA) is 67.4 Å². The molecule has 0 fully saturated rings. The van der Waals surface area contributed by atoms with Crippen LogP contribution in [-0.2, 0) is 16.0 Å².